The van der Waals surface area contributed by atoms with E-state index in [2.05, 4.69) is 37.0 Å². The minimum absolute atomic E-state index is 0.724. The van der Waals surface area contributed by atoms with Crippen molar-refractivity contribution in [3.63, 3.8) is 0 Å². The van der Waals surface area contributed by atoms with Crippen LogP contribution in [0.25, 0.3) is 0 Å². The number of hydrogen-bond donors (Lipinski definition) is 0. The van der Waals surface area contributed by atoms with Gasteiger partial charge in [0.1, 0.15) is 0 Å². The Morgan fingerprint density at radius 1 is 1.06 bits per heavy atom. The van der Waals surface area contributed by atoms with E-state index < -0.39 is 0 Å². The maximum Gasteiger partial charge on any atom is 0.0661 e. The van der Waals surface area contributed by atoms with Gasteiger partial charge in [0.2, 0.25) is 0 Å². The van der Waals surface area contributed by atoms with E-state index in [0.29, 0.717) is 0 Å². The number of hydrogen-bond acceptors (Lipinski definition) is 1. The Morgan fingerprint density at radius 2 is 1.82 bits per heavy atom. The van der Waals surface area contributed by atoms with Crippen LogP contribution in [0.5, 0.6) is 0 Å². The molecule has 0 saturated heterocycles. The lowest BCUT2D eigenvalue weighted by atomic mass is 10.1. The molecular weight excluding hydrogens is 230 g/mol. The molecule has 2 aromatic carbocycles. The third-order valence-corrected chi connectivity index (χ3v) is 2.96. The Morgan fingerprint density at radius 3 is 2.59 bits per heavy atom. The molecule has 0 bridgehead atoms. The molecule has 0 aliphatic heterocycles. The van der Waals surface area contributed by atoms with E-state index in [1.54, 1.807) is 0 Å². The largest absolute Gasteiger partial charge is 0.256 e. The number of aryl methyl sites for hydroxylation is 2. The van der Waals surface area contributed by atoms with E-state index in [4.69, 9.17) is 11.6 Å². The third-order valence-electron chi connectivity index (χ3n) is 2.61. The van der Waals surface area contributed by atoms with Crippen LogP contribution in [0, 0.1) is 13.8 Å². The highest BCUT2D eigenvalue weighted by Gasteiger charge is 1.97. The summed E-state index contributed by atoms with van der Waals surface area (Å²) < 4.78 is 0. The van der Waals surface area contributed by atoms with Crippen molar-refractivity contribution < 1.29 is 0 Å². The zero-order chi connectivity index (χ0) is 12.3. The Balaban J connectivity index is 2.32. The number of halogens is 1. The van der Waals surface area contributed by atoms with Crippen LogP contribution in [0.2, 0.25) is 5.02 Å². The van der Waals surface area contributed by atoms with Gasteiger partial charge >= 0.3 is 0 Å². The van der Waals surface area contributed by atoms with Gasteiger partial charge in [-0.3, -0.25) is 4.99 Å². The number of aliphatic imine (C=N–C) groups is 1. The highest BCUT2D eigenvalue weighted by molar-refractivity contribution is 6.33. The van der Waals surface area contributed by atoms with E-state index in [0.717, 1.165) is 16.3 Å². The Bertz CT molecular complexity index is 559. The molecule has 2 rings (SSSR count). The maximum atomic E-state index is 6.07. The van der Waals surface area contributed by atoms with Crippen molar-refractivity contribution in [2.75, 3.05) is 0 Å². The van der Waals surface area contributed by atoms with Crippen LogP contribution < -0.4 is 0 Å². The van der Waals surface area contributed by atoms with Crippen molar-refractivity contribution in [2.24, 2.45) is 4.99 Å². The number of benzene rings is 2. The fourth-order valence-corrected chi connectivity index (χ4v) is 1.76. The Hall–Kier alpha value is -1.60. The lowest BCUT2D eigenvalue weighted by molar-refractivity contribution is 1.35. The van der Waals surface area contributed by atoms with Crippen LogP contribution in [0.4, 0.5) is 5.69 Å². The molecule has 0 fully saturated rings. The Kier molecular flexibility index (Phi) is 3.60. The molecule has 0 aromatic heterocycles. The average Bonchev–Trinajstić information content (AvgIpc) is 2.32. The highest BCUT2D eigenvalue weighted by Crippen LogP contribution is 2.20. The summed E-state index contributed by atoms with van der Waals surface area (Å²) in [5, 5.41) is 0.724. The van der Waals surface area contributed by atoms with Crippen LogP contribution in [-0.4, -0.2) is 6.21 Å². The quantitative estimate of drug-likeness (QED) is 0.678. The van der Waals surface area contributed by atoms with Crippen LogP contribution >= 0.6 is 11.6 Å². The summed E-state index contributed by atoms with van der Waals surface area (Å²) in [5.41, 5.74) is 4.31. The molecule has 0 saturated carbocycles. The predicted molar refractivity (Wildman–Crippen MR) is 74.6 cm³/mol. The van der Waals surface area contributed by atoms with Crippen molar-refractivity contribution in [3.05, 3.63) is 64.2 Å². The minimum atomic E-state index is 0.724. The summed E-state index contributed by atoms with van der Waals surface area (Å²) >= 11 is 6.07. The van der Waals surface area contributed by atoms with Gasteiger partial charge in [0.15, 0.2) is 0 Å². The van der Waals surface area contributed by atoms with Crippen molar-refractivity contribution in [2.45, 2.75) is 13.8 Å². The predicted octanol–water partition coefficient (Wildman–Crippen LogP) is 4.71. The van der Waals surface area contributed by atoms with E-state index in [9.17, 15) is 0 Å². The van der Waals surface area contributed by atoms with Gasteiger partial charge in [-0.1, -0.05) is 41.9 Å². The van der Waals surface area contributed by atoms with Crippen LogP contribution in [0.3, 0.4) is 0 Å². The van der Waals surface area contributed by atoms with Crippen molar-refractivity contribution in [1.82, 2.24) is 0 Å². The monoisotopic (exact) mass is 243 g/mol. The normalized spacial score (nSPS) is 11.0. The van der Waals surface area contributed by atoms with Crippen molar-refractivity contribution >= 4 is 23.5 Å². The molecule has 0 aliphatic rings. The van der Waals surface area contributed by atoms with E-state index in [1.807, 2.05) is 30.5 Å². The minimum Gasteiger partial charge on any atom is -0.256 e. The summed E-state index contributed by atoms with van der Waals surface area (Å²) in [6.45, 7) is 4.12. The molecule has 0 aliphatic carbocycles. The SMILES string of the molecule is Cc1ccc(C)c(N=Cc2ccccc2Cl)c1. The molecule has 2 heteroatoms. The summed E-state index contributed by atoms with van der Waals surface area (Å²) in [4.78, 5) is 4.49. The average molecular weight is 244 g/mol. The fraction of sp³-hybridized carbons (Fsp3) is 0.133. The van der Waals surface area contributed by atoms with Crippen molar-refractivity contribution in [3.8, 4) is 0 Å². The smallest absolute Gasteiger partial charge is 0.0661 e. The van der Waals surface area contributed by atoms with Gasteiger partial charge in [-0.2, -0.15) is 0 Å². The van der Waals surface area contributed by atoms with Crippen LogP contribution in [0.15, 0.2) is 47.5 Å². The molecule has 0 amide bonds. The molecule has 86 valence electrons. The summed E-state index contributed by atoms with van der Waals surface area (Å²) in [6, 6.07) is 13.9. The van der Waals surface area contributed by atoms with Gasteiger partial charge in [-0.15, -0.1) is 0 Å². The van der Waals surface area contributed by atoms with E-state index in [1.165, 1.54) is 11.1 Å². The molecule has 2 aromatic rings. The first-order valence-corrected chi connectivity index (χ1v) is 5.90. The zero-order valence-corrected chi connectivity index (χ0v) is 10.7. The van der Waals surface area contributed by atoms with E-state index >= 15 is 0 Å². The lowest BCUT2D eigenvalue weighted by Gasteiger charge is -2.01. The van der Waals surface area contributed by atoms with Gasteiger partial charge in [0.25, 0.3) is 0 Å². The highest BCUT2D eigenvalue weighted by atomic mass is 35.5. The first kappa shape index (κ1) is 11.9. The van der Waals surface area contributed by atoms with E-state index in [-0.39, 0.29) is 0 Å². The standard InChI is InChI=1S/C15H14ClN/c1-11-7-8-12(2)15(9-11)17-10-13-5-3-4-6-14(13)16/h3-10H,1-2H3. The molecule has 1 nitrogen and oxygen atoms in total. The number of nitrogens with zero attached hydrogens (tertiary/aromatic N) is 1. The van der Waals surface area contributed by atoms with Gasteiger partial charge in [0.05, 0.1) is 5.69 Å². The Labute approximate surface area is 107 Å². The number of rotatable bonds is 2. The van der Waals surface area contributed by atoms with Gasteiger partial charge in [0, 0.05) is 16.8 Å². The first-order valence-electron chi connectivity index (χ1n) is 5.52. The molecule has 17 heavy (non-hydrogen) atoms. The third kappa shape index (κ3) is 2.95. The summed E-state index contributed by atoms with van der Waals surface area (Å²) in [7, 11) is 0. The molecular formula is C15H14ClN. The molecule has 0 radical (unpaired) electrons. The lowest BCUT2D eigenvalue weighted by Crippen LogP contribution is -1.83. The summed E-state index contributed by atoms with van der Waals surface area (Å²) in [5.74, 6) is 0. The molecule has 0 spiro atoms. The van der Waals surface area contributed by atoms with Crippen LogP contribution in [0.1, 0.15) is 16.7 Å². The molecule has 0 atom stereocenters. The van der Waals surface area contributed by atoms with Gasteiger partial charge in [-0.05, 0) is 37.1 Å². The second-order valence-electron chi connectivity index (χ2n) is 4.07. The second kappa shape index (κ2) is 5.15. The fourth-order valence-electron chi connectivity index (χ4n) is 1.58. The van der Waals surface area contributed by atoms with Gasteiger partial charge < -0.3 is 0 Å². The molecule has 0 N–H and O–H groups in total. The topological polar surface area (TPSA) is 12.4 Å². The van der Waals surface area contributed by atoms with Crippen molar-refractivity contribution in [1.29, 1.82) is 0 Å². The second-order valence-corrected chi connectivity index (χ2v) is 4.48. The first-order chi connectivity index (χ1) is 8.16. The molecule has 0 unspecified atom stereocenters. The zero-order valence-electron chi connectivity index (χ0n) is 9.94. The molecule has 0 heterocycles. The summed E-state index contributed by atoms with van der Waals surface area (Å²) in [6.07, 6.45) is 1.81. The van der Waals surface area contributed by atoms with Gasteiger partial charge in [-0.25, -0.2) is 0 Å². The van der Waals surface area contributed by atoms with Crippen LogP contribution in [-0.2, 0) is 0 Å². The maximum absolute atomic E-state index is 6.07.